The zero-order valence-electron chi connectivity index (χ0n) is 20.3. The molecule has 2 aromatic carbocycles. The Balaban J connectivity index is 1.10. The van der Waals surface area contributed by atoms with E-state index in [0.717, 1.165) is 43.1 Å². The van der Waals surface area contributed by atoms with Gasteiger partial charge in [0, 0.05) is 43.6 Å². The number of carbonyl (C=O) groups is 1. The van der Waals surface area contributed by atoms with Gasteiger partial charge in [-0.2, -0.15) is 5.10 Å². The van der Waals surface area contributed by atoms with Gasteiger partial charge in [0.15, 0.2) is 5.76 Å². The van der Waals surface area contributed by atoms with Crippen molar-refractivity contribution in [3.8, 4) is 17.1 Å². The number of nitrogens with zero attached hydrogens (tertiary/aromatic N) is 4. The molecule has 1 N–H and O–H groups in total. The number of anilines is 1. The maximum atomic E-state index is 12.5. The number of rotatable bonds is 7. The summed E-state index contributed by atoms with van der Waals surface area (Å²) in [5.41, 5.74) is 6.55. The van der Waals surface area contributed by atoms with E-state index in [2.05, 4.69) is 52.3 Å². The second-order valence-electron chi connectivity index (χ2n) is 9.06. The Hall–Kier alpha value is -3.84. The predicted molar refractivity (Wildman–Crippen MR) is 138 cm³/mol. The monoisotopic (exact) mass is 469 g/mol. The van der Waals surface area contributed by atoms with Crippen molar-refractivity contribution in [2.45, 2.75) is 20.3 Å². The number of carbonyl (C=O) groups excluding carboxylic acids is 1. The molecule has 1 amide bonds. The van der Waals surface area contributed by atoms with Crippen molar-refractivity contribution < 1.29 is 9.21 Å². The molecule has 35 heavy (non-hydrogen) atoms. The first-order valence-electron chi connectivity index (χ1n) is 12.1. The highest BCUT2D eigenvalue weighted by molar-refractivity contribution is 5.78. The third kappa shape index (κ3) is 5.30. The second-order valence-corrected chi connectivity index (χ2v) is 9.06. The molecule has 3 heterocycles. The number of piperazine rings is 1. The Morgan fingerprint density at radius 1 is 1.00 bits per heavy atom. The highest BCUT2D eigenvalue weighted by Gasteiger charge is 2.19. The van der Waals surface area contributed by atoms with Crippen molar-refractivity contribution in [1.29, 1.82) is 0 Å². The number of aromatic nitrogens is 2. The van der Waals surface area contributed by atoms with Gasteiger partial charge in [-0.15, -0.1) is 0 Å². The molecule has 0 aliphatic carbocycles. The molecule has 5 rings (SSSR count). The van der Waals surface area contributed by atoms with Crippen LogP contribution >= 0.6 is 0 Å². The highest BCUT2D eigenvalue weighted by atomic mass is 16.3. The van der Waals surface area contributed by atoms with Crippen molar-refractivity contribution >= 4 is 11.6 Å². The summed E-state index contributed by atoms with van der Waals surface area (Å²) in [6.07, 6.45) is 3.82. The molecule has 0 radical (unpaired) electrons. The van der Waals surface area contributed by atoms with Crippen LogP contribution in [0, 0.1) is 13.8 Å². The first-order valence-corrected chi connectivity index (χ1v) is 12.1. The van der Waals surface area contributed by atoms with Crippen LogP contribution in [0.5, 0.6) is 0 Å². The largest absolute Gasteiger partial charge is 0.462 e. The molecule has 1 aliphatic rings. The number of aryl methyl sites for hydroxylation is 1. The molecule has 7 heteroatoms. The fourth-order valence-electron chi connectivity index (χ4n) is 4.46. The van der Waals surface area contributed by atoms with Crippen molar-refractivity contribution in [3.05, 3.63) is 89.8 Å². The number of hydrogen-bond acceptors (Lipinski definition) is 5. The molecule has 4 aromatic rings. The molecule has 0 saturated carbocycles. The van der Waals surface area contributed by atoms with Crippen LogP contribution < -0.4 is 10.2 Å². The molecule has 1 fully saturated rings. The fourth-order valence-corrected chi connectivity index (χ4v) is 4.46. The van der Waals surface area contributed by atoms with Gasteiger partial charge < -0.3 is 14.6 Å². The summed E-state index contributed by atoms with van der Waals surface area (Å²) >= 11 is 0. The zero-order valence-corrected chi connectivity index (χ0v) is 20.3. The van der Waals surface area contributed by atoms with Gasteiger partial charge in [-0.25, -0.2) is 4.68 Å². The zero-order chi connectivity index (χ0) is 24.2. The number of para-hydroxylation sites is 1. The molecule has 180 valence electrons. The lowest BCUT2D eigenvalue weighted by Gasteiger charge is -2.37. The number of nitrogens with one attached hydrogen (secondary N) is 1. The first-order chi connectivity index (χ1) is 17.1. The van der Waals surface area contributed by atoms with Crippen LogP contribution in [0.15, 0.2) is 77.5 Å². The molecule has 1 aliphatic heterocycles. The Morgan fingerprint density at radius 2 is 1.80 bits per heavy atom. The number of hydrogen-bond donors (Lipinski definition) is 1. The van der Waals surface area contributed by atoms with Gasteiger partial charge in [0.25, 0.3) is 0 Å². The van der Waals surface area contributed by atoms with Gasteiger partial charge in [-0.1, -0.05) is 30.3 Å². The molecule has 0 unspecified atom stereocenters. The van der Waals surface area contributed by atoms with E-state index in [0.29, 0.717) is 12.4 Å². The van der Waals surface area contributed by atoms with Crippen LogP contribution in [0.4, 0.5) is 5.69 Å². The van der Waals surface area contributed by atoms with E-state index in [1.54, 1.807) is 6.26 Å². The molecule has 0 bridgehead atoms. The second kappa shape index (κ2) is 10.2. The van der Waals surface area contributed by atoms with Gasteiger partial charge in [0.1, 0.15) is 5.69 Å². The van der Waals surface area contributed by atoms with Crippen LogP contribution in [0.25, 0.3) is 17.1 Å². The minimum atomic E-state index is -0.0101. The minimum Gasteiger partial charge on any atom is -0.462 e. The quantitative estimate of drug-likeness (QED) is 0.440. The van der Waals surface area contributed by atoms with Crippen molar-refractivity contribution in [2.75, 3.05) is 37.7 Å². The van der Waals surface area contributed by atoms with Crippen LogP contribution in [-0.4, -0.2) is 53.4 Å². The summed E-state index contributed by atoms with van der Waals surface area (Å²) in [6, 6.07) is 20.2. The Labute approximate surface area is 206 Å². The van der Waals surface area contributed by atoms with Gasteiger partial charge in [-0.3, -0.25) is 9.69 Å². The molecule has 1 saturated heterocycles. The maximum Gasteiger partial charge on any atom is 0.225 e. The summed E-state index contributed by atoms with van der Waals surface area (Å²) in [7, 11) is 0. The number of amides is 1. The van der Waals surface area contributed by atoms with Crippen molar-refractivity contribution in [2.24, 2.45) is 0 Å². The van der Waals surface area contributed by atoms with Gasteiger partial charge in [0.2, 0.25) is 5.91 Å². The van der Waals surface area contributed by atoms with Gasteiger partial charge in [0.05, 0.1) is 25.0 Å². The van der Waals surface area contributed by atoms with E-state index in [1.807, 2.05) is 53.3 Å². The van der Waals surface area contributed by atoms with Crippen LogP contribution in [0.3, 0.4) is 0 Å². The summed E-state index contributed by atoms with van der Waals surface area (Å²) in [6.45, 7) is 8.67. The van der Waals surface area contributed by atoms with Gasteiger partial charge in [-0.05, 0) is 55.3 Å². The van der Waals surface area contributed by atoms with E-state index in [9.17, 15) is 4.79 Å². The van der Waals surface area contributed by atoms with E-state index >= 15 is 0 Å². The molecule has 2 aromatic heterocycles. The molecule has 0 spiro atoms. The van der Waals surface area contributed by atoms with Crippen LogP contribution in [-0.2, 0) is 11.2 Å². The van der Waals surface area contributed by atoms with Crippen LogP contribution in [0.2, 0.25) is 0 Å². The fraction of sp³-hybridized carbons (Fsp3) is 0.286. The van der Waals surface area contributed by atoms with Crippen molar-refractivity contribution in [1.82, 2.24) is 20.0 Å². The molecular weight excluding hydrogens is 438 g/mol. The van der Waals surface area contributed by atoms with Crippen molar-refractivity contribution in [3.63, 3.8) is 0 Å². The lowest BCUT2D eigenvalue weighted by atomic mass is 10.1. The van der Waals surface area contributed by atoms with Crippen LogP contribution in [0.1, 0.15) is 16.7 Å². The molecular formula is C28H31N5O2. The standard InChI is InChI=1S/C28H31N5O2/c1-21-7-6-10-26(22(21)2)32-15-13-31(14-16-32)20-29-28(34)18-23-17-27(35-19-23)25-11-12-33(30-25)24-8-4-3-5-9-24/h3-12,17,19H,13-16,18,20H2,1-2H3,(H,29,34). The molecule has 0 atom stereocenters. The summed E-state index contributed by atoms with van der Waals surface area (Å²) < 4.78 is 7.51. The average molecular weight is 470 g/mol. The third-order valence-electron chi connectivity index (χ3n) is 6.67. The Kier molecular flexibility index (Phi) is 6.68. The summed E-state index contributed by atoms with van der Waals surface area (Å²) in [4.78, 5) is 17.3. The number of furan rings is 1. The van der Waals surface area contributed by atoms with E-state index in [4.69, 9.17) is 4.42 Å². The number of benzene rings is 2. The predicted octanol–water partition coefficient (Wildman–Crippen LogP) is 4.19. The van der Waals surface area contributed by atoms with Gasteiger partial charge >= 0.3 is 0 Å². The maximum absolute atomic E-state index is 12.5. The topological polar surface area (TPSA) is 66.5 Å². The van der Waals surface area contributed by atoms with E-state index in [-0.39, 0.29) is 12.3 Å². The average Bonchev–Trinajstić information content (AvgIpc) is 3.55. The first kappa shape index (κ1) is 22.9. The lowest BCUT2D eigenvalue weighted by Crippen LogP contribution is -2.50. The summed E-state index contributed by atoms with van der Waals surface area (Å²) in [5.74, 6) is 0.647. The SMILES string of the molecule is Cc1cccc(N2CCN(CNC(=O)Cc3coc(-c4ccn(-c5ccccc5)n4)c3)CC2)c1C. The molecule has 7 nitrogen and oxygen atoms in total. The third-order valence-corrected chi connectivity index (χ3v) is 6.67. The smallest absolute Gasteiger partial charge is 0.225 e. The minimum absolute atomic E-state index is 0.0101. The lowest BCUT2D eigenvalue weighted by molar-refractivity contribution is -0.121. The summed E-state index contributed by atoms with van der Waals surface area (Å²) in [5, 5.41) is 7.65. The normalized spacial score (nSPS) is 14.3. The Morgan fingerprint density at radius 3 is 2.60 bits per heavy atom. The van der Waals surface area contributed by atoms with E-state index in [1.165, 1.54) is 16.8 Å². The Bertz CT molecular complexity index is 1290. The van der Waals surface area contributed by atoms with E-state index < -0.39 is 0 Å². The highest BCUT2D eigenvalue weighted by Crippen LogP contribution is 2.24.